The Bertz CT molecular complexity index is 1020. The molecule has 0 saturated carbocycles. The molecule has 1 aliphatic rings. The standard InChI is InChI=1S/C20H19ClFN5/c1-26(2)9-8-18-24-25-19-12-23-20(13-4-3-5-15(22)10-13)16-11-14(21)6-7-17(16)27(18)19/h3-7,10-11H,8-9,12H2,1-2H3. The van der Waals surface area contributed by atoms with E-state index in [9.17, 15) is 4.39 Å². The van der Waals surface area contributed by atoms with Crippen LogP contribution >= 0.6 is 11.6 Å². The van der Waals surface area contributed by atoms with Gasteiger partial charge in [-0.25, -0.2) is 4.39 Å². The summed E-state index contributed by atoms with van der Waals surface area (Å²) in [7, 11) is 4.05. The van der Waals surface area contributed by atoms with Gasteiger partial charge in [-0.05, 0) is 44.4 Å². The van der Waals surface area contributed by atoms with Gasteiger partial charge in [0.1, 0.15) is 18.2 Å². The normalized spacial score (nSPS) is 13.1. The van der Waals surface area contributed by atoms with Crippen molar-refractivity contribution >= 4 is 17.3 Å². The molecule has 0 amide bonds. The molecule has 2 aromatic carbocycles. The van der Waals surface area contributed by atoms with Gasteiger partial charge in [-0.2, -0.15) is 0 Å². The third-order valence-corrected chi connectivity index (χ3v) is 4.75. The molecule has 0 fully saturated rings. The van der Waals surface area contributed by atoms with Crippen molar-refractivity contribution in [3.8, 4) is 5.69 Å². The van der Waals surface area contributed by atoms with E-state index in [1.54, 1.807) is 6.07 Å². The number of benzene rings is 2. The Morgan fingerprint density at radius 2 is 2.00 bits per heavy atom. The number of hydrogen-bond donors (Lipinski definition) is 0. The van der Waals surface area contributed by atoms with Crippen molar-refractivity contribution in [1.29, 1.82) is 0 Å². The second-order valence-corrected chi connectivity index (χ2v) is 7.19. The maximum atomic E-state index is 13.8. The van der Waals surface area contributed by atoms with Crippen LogP contribution in [0.2, 0.25) is 5.02 Å². The Balaban J connectivity index is 1.87. The molecule has 0 saturated heterocycles. The molecule has 1 aromatic heterocycles. The summed E-state index contributed by atoms with van der Waals surface area (Å²) in [5, 5.41) is 9.31. The van der Waals surface area contributed by atoms with Gasteiger partial charge in [0, 0.05) is 29.1 Å². The van der Waals surface area contributed by atoms with E-state index in [-0.39, 0.29) is 5.82 Å². The van der Waals surface area contributed by atoms with Gasteiger partial charge in [0.15, 0.2) is 5.82 Å². The lowest BCUT2D eigenvalue weighted by Gasteiger charge is -2.15. The van der Waals surface area contributed by atoms with E-state index < -0.39 is 0 Å². The van der Waals surface area contributed by atoms with E-state index in [1.165, 1.54) is 12.1 Å². The molecule has 0 aliphatic carbocycles. The maximum Gasteiger partial charge on any atom is 0.159 e. The number of hydrogen-bond acceptors (Lipinski definition) is 4. The smallest absolute Gasteiger partial charge is 0.159 e. The van der Waals surface area contributed by atoms with Gasteiger partial charge < -0.3 is 4.90 Å². The average Bonchev–Trinajstić information content (AvgIpc) is 2.96. The number of aliphatic imine (C=N–C) groups is 1. The largest absolute Gasteiger partial charge is 0.309 e. The number of rotatable bonds is 4. The van der Waals surface area contributed by atoms with Gasteiger partial charge in [-0.3, -0.25) is 9.56 Å². The summed E-state index contributed by atoms with van der Waals surface area (Å²) in [5.74, 6) is 1.34. The van der Waals surface area contributed by atoms with Gasteiger partial charge in [-0.1, -0.05) is 23.7 Å². The third kappa shape index (κ3) is 3.50. The summed E-state index contributed by atoms with van der Waals surface area (Å²) in [5.41, 5.74) is 3.18. The molecule has 4 rings (SSSR count). The summed E-state index contributed by atoms with van der Waals surface area (Å²) in [6, 6.07) is 12.1. The van der Waals surface area contributed by atoms with Crippen LogP contribution in [-0.4, -0.2) is 46.0 Å². The molecule has 5 nitrogen and oxygen atoms in total. The fraction of sp³-hybridized carbons (Fsp3) is 0.250. The first-order valence-electron chi connectivity index (χ1n) is 8.71. The van der Waals surface area contributed by atoms with Crippen molar-refractivity contribution in [2.75, 3.05) is 20.6 Å². The summed E-state index contributed by atoms with van der Waals surface area (Å²) < 4.78 is 15.9. The van der Waals surface area contributed by atoms with Crippen LogP contribution in [0, 0.1) is 5.82 Å². The highest BCUT2D eigenvalue weighted by Crippen LogP contribution is 2.28. The highest BCUT2D eigenvalue weighted by molar-refractivity contribution is 6.31. The zero-order chi connectivity index (χ0) is 19.0. The van der Waals surface area contributed by atoms with Gasteiger partial charge >= 0.3 is 0 Å². The second-order valence-electron chi connectivity index (χ2n) is 6.76. The van der Waals surface area contributed by atoms with Gasteiger partial charge in [0.2, 0.25) is 0 Å². The van der Waals surface area contributed by atoms with Crippen molar-refractivity contribution in [1.82, 2.24) is 19.7 Å². The van der Waals surface area contributed by atoms with Crippen LogP contribution in [0.5, 0.6) is 0 Å². The molecule has 27 heavy (non-hydrogen) atoms. The minimum atomic E-state index is -0.297. The summed E-state index contributed by atoms with van der Waals surface area (Å²) in [6.45, 7) is 1.23. The minimum Gasteiger partial charge on any atom is -0.309 e. The predicted octanol–water partition coefficient (Wildman–Crippen LogP) is 3.51. The number of likely N-dealkylation sites (N-methyl/N-ethyl adjacent to an activating group) is 1. The Kier molecular flexibility index (Phi) is 4.76. The molecular weight excluding hydrogens is 365 g/mol. The summed E-state index contributed by atoms with van der Waals surface area (Å²) in [6.07, 6.45) is 0.761. The van der Waals surface area contributed by atoms with Crippen molar-refractivity contribution in [2.24, 2.45) is 4.99 Å². The third-order valence-electron chi connectivity index (χ3n) is 4.51. The predicted molar refractivity (Wildman–Crippen MR) is 104 cm³/mol. The van der Waals surface area contributed by atoms with Crippen molar-refractivity contribution in [2.45, 2.75) is 13.0 Å². The van der Waals surface area contributed by atoms with Gasteiger partial charge in [0.05, 0.1) is 11.4 Å². The lowest BCUT2D eigenvalue weighted by Crippen LogP contribution is -2.18. The average molecular weight is 384 g/mol. The van der Waals surface area contributed by atoms with Gasteiger partial charge in [-0.15, -0.1) is 10.2 Å². The zero-order valence-corrected chi connectivity index (χ0v) is 15.9. The molecule has 0 N–H and O–H groups in total. The van der Waals surface area contributed by atoms with Crippen LogP contribution < -0.4 is 0 Å². The number of fused-ring (bicyclic) bond motifs is 3. The molecule has 138 valence electrons. The second kappa shape index (κ2) is 7.21. The molecule has 0 bridgehead atoms. The molecule has 1 aliphatic heterocycles. The van der Waals surface area contributed by atoms with Crippen LogP contribution in [-0.2, 0) is 13.0 Å². The van der Waals surface area contributed by atoms with Crippen LogP contribution in [0.4, 0.5) is 4.39 Å². The van der Waals surface area contributed by atoms with Crippen molar-refractivity contribution < 1.29 is 4.39 Å². The first kappa shape index (κ1) is 17.8. The van der Waals surface area contributed by atoms with Crippen LogP contribution in [0.1, 0.15) is 22.8 Å². The quantitative estimate of drug-likeness (QED) is 0.692. The molecule has 0 unspecified atom stereocenters. The molecule has 3 aromatic rings. The highest BCUT2D eigenvalue weighted by Gasteiger charge is 2.23. The molecule has 0 spiro atoms. The lowest BCUT2D eigenvalue weighted by molar-refractivity contribution is 0.408. The van der Waals surface area contributed by atoms with Crippen molar-refractivity contribution in [3.05, 3.63) is 76.1 Å². The number of aromatic nitrogens is 3. The number of nitrogens with zero attached hydrogens (tertiary/aromatic N) is 5. The van der Waals surface area contributed by atoms with E-state index in [1.807, 2.05) is 42.9 Å². The SMILES string of the molecule is CN(C)CCc1nnc2n1-c1ccc(Cl)cc1C(c1cccc(F)c1)=NC2. The minimum absolute atomic E-state index is 0.297. The molecule has 0 atom stereocenters. The topological polar surface area (TPSA) is 46.3 Å². The van der Waals surface area contributed by atoms with E-state index in [2.05, 4.69) is 15.1 Å². The monoisotopic (exact) mass is 383 g/mol. The fourth-order valence-electron chi connectivity index (χ4n) is 3.23. The molecular formula is C20H19ClFN5. The first-order chi connectivity index (χ1) is 13.0. The maximum absolute atomic E-state index is 13.8. The molecule has 0 radical (unpaired) electrons. The summed E-state index contributed by atoms with van der Waals surface area (Å²) >= 11 is 6.28. The van der Waals surface area contributed by atoms with Gasteiger partial charge in [0.25, 0.3) is 0 Å². The van der Waals surface area contributed by atoms with Crippen LogP contribution in [0.25, 0.3) is 5.69 Å². The Morgan fingerprint density at radius 3 is 2.78 bits per heavy atom. The fourth-order valence-corrected chi connectivity index (χ4v) is 3.40. The van der Waals surface area contributed by atoms with E-state index in [0.717, 1.165) is 35.9 Å². The van der Waals surface area contributed by atoms with E-state index in [4.69, 9.17) is 16.6 Å². The first-order valence-corrected chi connectivity index (χ1v) is 9.09. The highest BCUT2D eigenvalue weighted by atomic mass is 35.5. The lowest BCUT2D eigenvalue weighted by atomic mass is 10.0. The van der Waals surface area contributed by atoms with E-state index >= 15 is 0 Å². The Hall–Kier alpha value is -2.57. The Morgan fingerprint density at radius 1 is 1.15 bits per heavy atom. The Labute approximate surface area is 162 Å². The molecule has 7 heteroatoms. The van der Waals surface area contributed by atoms with Crippen LogP contribution in [0.15, 0.2) is 47.5 Å². The van der Waals surface area contributed by atoms with E-state index in [0.29, 0.717) is 22.8 Å². The summed E-state index contributed by atoms with van der Waals surface area (Å²) in [4.78, 5) is 6.83. The number of halogens is 2. The zero-order valence-electron chi connectivity index (χ0n) is 15.2. The van der Waals surface area contributed by atoms with Crippen molar-refractivity contribution in [3.63, 3.8) is 0 Å². The molecule has 2 heterocycles. The van der Waals surface area contributed by atoms with Crippen LogP contribution in [0.3, 0.4) is 0 Å².